The molecule has 0 atom stereocenters. The van der Waals surface area contributed by atoms with Gasteiger partial charge in [-0.2, -0.15) is 0 Å². The Morgan fingerprint density at radius 1 is 0.706 bits per heavy atom. The molecule has 0 amide bonds. The Morgan fingerprint density at radius 3 is 1.94 bits per heavy atom. The van der Waals surface area contributed by atoms with Gasteiger partial charge >= 0.3 is 0 Å². The average molecular weight is 236 g/mol. The van der Waals surface area contributed by atoms with E-state index in [2.05, 4.69) is 24.3 Å². The van der Waals surface area contributed by atoms with Gasteiger partial charge in [-0.25, -0.2) is 0 Å². The lowest BCUT2D eigenvalue weighted by molar-refractivity contribution is 0.282. The molecular weight excluding hydrogens is 208 g/mol. The zero-order chi connectivity index (χ0) is 12.6. The largest absolute Gasteiger partial charge is 0.396 e. The van der Waals surface area contributed by atoms with E-state index in [1.165, 1.54) is 44.9 Å². The zero-order valence-corrected chi connectivity index (χ0v) is 11.3. The monoisotopic (exact) mass is 236 g/mol. The first-order valence-corrected chi connectivity index (χ1v) is 6.97. The third-order valence-electron chi connectivity index (χ3n) is 2.69. The van der Waals surface area contributed by atoms with Gasteiger partial charge in [-0.3, -0.25) is 0 Å². The number of aliphatic hydroxyl groups excluding tert-OH is 1. The fourth-order valence-electron chi connectivity index (χ4n) is 1.67. The Bertz CT molecular complexity index is 214. The maximum atomic E-state index is 8.63. The van der Waals surface area contributed by atoms with Gasteiger partial charge in [-0.1, -0.05) is 68.6 Å². The number of allylic oxidation sites excluding steroid dienone is 6. The highest BCUT2D eigenvalue weighted by molar-refractivity contribution is 5.10. The summed E-state index contributed by atoms with van der Waals surface area (Å²) < 4.78 is 0. The highest BCUT2D eigenvalue weighted by Crippen LogP contribution is 2.08. The molecule has 0 aromatic heterocycles. The maximum Gasteiger partial charge on any atom is 0.0431 e. The van der Waals surface area contributed by atoms with Crippen molar-refractivity contribution in [3.05, 3.63) is 36.5 Å². The van der Waals surface area contributed by atoms with Crippen LogP contribution in [0, 0.1) is 0 Å². The van der Waals surface area contributed by atoms with Crippen LogP contribution in [0.1, 0.15) is 58.3 Å². The molecule has 0 aliphatic rings. The van der Waals surface area contributed by atoms with Crippen molar-refractivity contribution in [1.29, 1.82) is 0 Å². The van der Waals surface area contributed by atoms with Crippen molar-refractivity contribution in [2.45, 2.75) is 58.3 Å². The molecule has 0 rings (SSSR count). The molecule has 0 fully saturated rings. The minimum Gasteiger partial charge on any atom is -0.396 e. The van der Waals surface area contributed by atoms with Crippen molar-refractivity contribution in [2.24, 2.45) is 0 Å². The lowest BCUT2D eigenvalue weighted by Crippen LogP contribution is -1.83. The van der Waals surface area contributed by atoms with Crippen molar-refractivity contribution in [3.63, 3.8) is 0 Å². The van der Waals surface area contributed by atoms with Gasteiger partial charge in [0.2, 0.25) is 0 Å². The fraction of sp³-hybridized carbons (Fsp3) is 0.625. The first-order chi connectivity index (χ1) is 8.41. The summed E-state index contributed by atoms with van der Waals surface area (Å²) in [5.74, 6) is 0. The summed E-state index contributed by atoms with van der Waals surface area (Å²) in [4.78, 5) is 0. The summed E-state index contributed by atoms with van der Waals surface area (Å²) in [5.41, 5.74) is 0. The molecule has 0 saturated carbocycles. The van der Waals surface area contributed by atoms with Crippen molar-refractivity contribution in [1.82, 2.24) is 0 Å². The maximum absolute atomic E-state index is 8.63. The van der Waals surface area contributed by atoms with Crippen LogP contribution < -0.4 is 0 Å². The molecular formula is C16H28O. The second kappa shape index (κ2) is 15.2. The summed E-state index contributed by atoms with van der Waals surface area (Å²) in [5, 5.41) is 8.63. The quantitative estimate of drug-likeness (QED) is 0.404. The average Bonchev–Trinajstić information content (AvgIpc) is 2.35. The van der Waals surface area contributed by atoms with Crippen LogP contribution in [0.2, 0.25) is 0 Å². The minimum absolute atomic E-state index is 0.353. The van der Waals surface area contributed by atoms with E-state index in [0.717, 1.165) is 6.42 Å². The summed E-state index contributed by atoms with van der Waals surface area (Å²) in [7, 11) is 0. The van der Waals surface area contributed by atoms with Crippen LogP contribution in [-0.2, 0) is 0 Å². The molecule has 0 heterocycles. The third-order valence-corrected chi connectivity index (χ3v) is 2.69. The predicted octanol–water partition coefficient (Wildman–Crippen LogP) is 4.79. The van der Waals surface area contributed by atoms with Crippen molar-refractivity contribution in [2.75, 3.05) is 6.61 Å². The van der Waals surface area contributed by atoms with Crippen LogP contribution in [0.25, 0.3) is 0 Å². The summed E-state index contributed by atoms with van der Waals surface area (Å²) in [6, 6.07) is 0. The number of aliphatic hydroxyl groups is 1. The van der Waals surface area contributed by atoms with Gasteiger partial charge in [0.05, 0.1) is 0 Å². The second-order valence-corrected chi connectivity index (χ2v) is 4.33. The minimum atomic E-state index is 0.353. The van der Waals surface area contributed by atoms with Gasteiger partial charge in [0.1, 0.15) is 0 Å². The molecule has 0 aromatic rings. The molecule has 98 valence electrons. The molecule has 0 radical (unpaired) electrons. The highest BCUT2D eigenvalue weighted by Gasteiger charge is 1.90. The van der Waals surface area contributed by atoms with E-state index >= 15 is 0 Å². The van der Waals surface area contributed by atoms with Crippen molar-refractivity contribution >= 4 is 0 Å². The lowest BCUT2D eigenvalue weighted by Gasteiger charge is -1.99. The van der Waals surface area contributed by atoms with E-state index in [1.807, 2.05) is 19.1 Å². The number of hydrogen-bond acceptors (Lipinski definition) is 1. The van der Waals surface area contributed by atoms with E-state index in [1.54, 1.807) is 0 Å². The van der Waals surface area contributed by atoms with Gasteiger partial charge in [-0.05, 0) is 26.2 Å². The number of rotatable bonds is 11. The summed E-state index contributed by atoms with van der Waals surface area (Å²) in [6.07, 6.45) is 22.5. The third kappa shape index (κ3) is 15.2. The Kier molecular flexibility index (Phi) is 14.4. The van der Waals surface area contributed by atoms with Crippen LogP contribution in [-0.4, -0.2) is 11.7 Å². The van der Waals surface area contributed by atoms with Crippen LogP contribution in [0.4, 0.5) is 0 Å². The first kappa shape index (κ1) is 16.2. The topological polar surface area (TPSA) is 20.2 Å². The standard InChI is InChI=1S/C16H28O/c1-2-3-4-5-6-7-8-9-10-11-12-13-14-15-16-17/h2-7,17H,8-16H2,1H3/b3-2+,5-4+,7-6-. The van der Waals surface area contributed by atoms with E-state index in [-0.39, 0.29) is 0 Å². The zero-order valence-electron chi connectivity index (χ0n) is 11.3. The van der Waals surface area contributed by atoms with E-state index in [0.29, 0.717) is 6.61 Å². The van der Waals surface area contributed by atoms with Crippen LogP contribution in [0.15, 0.2) is 36.5 Å². The van der Waals surface area contributed by atoms with Crippen LogP contribution in [0.5, 0.6) is 0 Å². The fourth-order valence-corrected chi connectivity index (χ4v) is 1.67. The van der Waals surface area contributed by atoms with Crippen molar-refractivity contribution < 1.29 is 5.11 Å². The van der Waals surface area contributed by atoms with Gasteiger partial charge in [0.15, 0.2) is 0 Å². The molecule has 1 N–H and O–H groups in total. The molecule has 0 spiro atoms. The Morgan fingerprint density at radius 2 is 1.29 bits per heavy atom. The molecule has 0 unspecified atom stereocenters. The normalized spacial score (nSPS) is 12.4. The van der Waals surface area contributed by atoms with Crippen molar-refractivity contribution in [3.8, 4) is 0 Å². The number of hydrogen-bond donors (Lipinski definition) is 1. The van der Waals surface area contributed by atoms with E-state index in [9.17, 15) is 0 Å². The first-order valence-electron chi connectivity index (χ1n) is 6.97. The Hall–Kier alpha value is -0.820. The Labute approximate surface area is 107 Å². The molecule has 0 saturated heterocycles. The van der Waals surface area contributed by atoms with Gasteiger partial charge in [0, 0.05) is 6.61 Å². The SMILES string of the molecule is C/C=C/C=C/C=C\CCCCCCCCCO. The molecule has 0 aliphatic carbocycles. The Balaban J connectivity index is 3.12. The molecule has 1 heteroatoms. The second-order valence-electron chi connectivity index (χ2n) is 4.33. The van der Waals surface area contributed by atoms with E-state index in [4.69, 9.17) is 5.11 Å². The van der Waals surface area contributed by atoms with E-state index < -0.39 is 0 Å². The molecule has 17 heavy (non-hydrogen) atoms. The molecule has 0 aliphatic heterocycles. The molecule has 1 nitrogen and oxygen atoms in total. The summed E-state index contributed by atoms with van der Waals surface area (Å²) in [6.45, 7) is 2.38. The van der Waals surface area contributed by atoms with Crippen LogP contribution >= 0.6 is 0 Å². The van der Waals surface area contributed by atoms with Gasteiger partial charge in [-0.15, -0.1) is 0 Å². The highest BCUT2D eigenvalue weighted by atomic mass is 16.2. The predicted molar refractivity (Wildman–Crippen MR) is 77.1 cm³/mol. The molecule has 0 aromatic carbocycles. The molecule has 0 bridgehead atoms. The summed E-state index contributed by atoms with van der Waals surface area (Å²) >= 11 is 0. The van der Waals surface area contributed by atoms with Gasteiger partial charge < -0.3 is 5.11 Å². The van der Waals surface area contributed by atoms with Crippen LogP contribution in [0.3, 0.4) is 0 Å². The smallest absolute Gasteiger partial charge is 0.0431 e. The van der Waals surface area contributed by atoms with Gasteiger partial charge in [0.25, 0.3) is 0 Å². The lowest BCUT2D eigenvalue weighted by atomic mass is 10.1. The number of unbranched alkanes of at least 4 members (excludes halogenated alkanes) is 7.